The molecule has 0 unspecified atom stereocenters. The van der Waals surface area contributed by atoms with Gasteiger partial charge in [-0.2, -0.15) is 0 Å². The molecule has 0 fully saturated rings. The van der Waals surface area contributed by atoms with Crippen LogP contribution in [-0.2, 0) is 19.1 Å². The van der Waals surface area contributed by atoms with Crippen molar-refractivity contribution in [2.24, 2.45) is 0 Å². The van der Waals surface area contributed by atoms with E-state index in [4.69, 9.17) is 4.74 Å². The minimum absolute atomic E-state index is 0.279. The van der Waals surface area contributed by atoms with Crippen molar-refractivity contribution >= 4 is 11.9 Å². The molecular formula is C13H14O6. The minimum atomic E-state index is -1.09. The second kappa shape index (κ2) is 6.44. The quantitative estimate of drug-likeness (QED) is 0.505. The van der Waals surface area contributed by atoms with Gasteiger partial charge in [-0.15, -0.1) is 0 Å². The van der Waals surface area contributed by atoms with Gasteiger partial charge in [-0.25, -0.2) is 9.59 Å². The zero-order chi connectivity index (χ0) is 14.4. The van der Waals surface area contributed by atoms with Crippen LogP contribution >= 0.6 is 0 Å². The molecule has 6 heteroatoms. The molecule has 0 spiro atoms. The maximum atomic E-state index is 11.5. The molecule has 1 aromatic carbocycles. The Balaban J connectivity index is 3.09. The molecule has 0 saturated heterocycles. The molecule has 0 heterocycles. The fourth-order valence-electron chi connectivity index (χ4n) is 1.19. The first-order valence-electron chi connectivity index (χ1n) is 5.34. The molecule has 102 valence electrons. The van der Waals surface area contributed by atoms with Crippen LogP contribution in [0.3, 0.4) is 0 Å². The molecule has 1 rings (SSSR count). The van der Waals surface area contributed by atoms with Gasteiger partial charge in [0.15, 0.2) is 0 Å². The van der Waals surface area contributed by atoms with Crippen LogP contribution in [0.2, 0.25) is 0 Å². The van der Waals surface area contributed by atoms with Crippen LogP contribution in [0.1, 0.15) is 5.56 Å². The lowest BCUT2D eigenvalue weighted by atomic mass is 10.2. The molecule has 6 nitrogen and oxygen atoms in total. The highest BCUT2D eigenvalue weighted by Crippen LogP contribution is 2.17. The van der Waals surface area contributed by atoms with Crippen molar-refractivity contribution in [3.05, 3.63) is 41.3 Å². The molecule has 1 N–H and O–H groups in total. The van der Waals surface area contributed by atoms with Crippen LogP contribution in [0.4, 0.5) is 0 Å². The van der Waals surface area contributed by atoms with Crippen LogP contribution < -0.4 is 4.74 Å². The highest BCUT2D eigenvalue weighted by molar-refractivity contribution is 5.97. The Morgan fingerprint density at radius 2 is 1.53 bits per heavy atom. The van der Waals surface area contributed by atoms with E-state index in [0.717, 1.165) is 19.8 Å². The maximum Gasteiger partial charge on any atom is 0.378 e. The topological polar surface area (TPSA) is 82.1 Å². The van der Waals surface area contributed by atoms with E-state index in [0.29, 0.717) is 0 Å². The number of carbonyl (C=O) groups excluding carboxylic acids is 2. The fourth-order valence-corrected chi connectivity index (χ4v) is 1.19. The Morgan fingerprint density at radius 1 is 1.00 bits per heavy atom. The Morgan fingerprint density at radius 3 is 2.00 bits per heavy atom. The van der Waals surface area contributed by atoms with Crippen LogP contribution in [0.5, 0.6) is 5.75 Å². The van der Waals surface area contributed by atoms with E-state index < -0.39 is 23.5 Å². The number of esters is 2. The van der Waals surface area contributed by atoms with Crippen molar-refractivity contribution in [2.45, 2.75) is 6.92 Å². The summed E-state index contributed by atoms with van der Waals surface area (Å²) in [6.07, 6.45) is 0. The summed E-state index contributed by atoms with van der Waals surface area (Å²) in [5, 5.41) is 9.57. The largest absolute Gasteiger partial charge is 0.499 e. The summed E-state index contributed by atoms with van der Waals surface area (Å²) in [4.78, 5) is 22.7. The van der Waals surface area contributed by atoms with E-state index in [9.17, 15) is 14.7 Å². The monoisotopic (exact) mass is 266 g/mol. The zero-order valence-corrected chi connectivity index (χ0v) is 10.8. The standard InChI is InChI=1S/C13H14O6/c1-8-4-6-9(7-5-8)19-11(13(16)18-3)10(14)12(15)17-2/h4-7,14H,1-3H3/b11-10-. The number of methoxy groups -OCH3 is 2. The Labute approximate surface area is 110 Å². The highest BCUT2D eigenvalue weighted by atomic mass is 16.6. The third-order valence-electron chi connectivity index (χ3n) is 2.21. The third-order valence-corrected chi connectivity index (χ3v) is 2.21. The van der Waals surface area contributed by atoms with Crippen LogP contribution in [-0.4, -0.2) is 31.3 Å². The van der Waals surface area contributed by atoms with Gasteiger partial charge in [-0.05, 0) is 19.1 Å². The summed E-state index contributed by atoms with van der Waals surface area (Å²) in [5.74, 6) is -3.37. The maximum absolute atomic E-state index is 11.5. The first-order valence-corrected chi connectivity index (χ1v) is 5.34. The molecule has 0 aliphatic rings. The Hall–Kier alpha value is -2.50. The lowest BCUT2D eigenvalue weighted by molar-refractivity contribution is -0.143. The van der Waals surface area contributed by atoms with Gasteiger partial charge in [0.1, 0.15) is 5.75 Å². The summed E-state index contributed by atoms with van der Waals surface area (Å²) < 4.78 is 13.9. The predicted molar refractivity (Wildman–Crippen MR) is 65.5 cm³/mol. The van der Waals surface area contributed by atoms with E-state index in [1.165, 1.54) is 0 Å². The predicted octanol–water partition coefficient (Wildman–Crippen LogP) is 1.49. The Bertz CT molecular complexity index is 500. The molecule has 0 bridgehead atoms. The second-order valence-corrected chi connectivity index (χ2v) is 3.58. The summed E-state index contributed by atoms with van der Waals surface area (Å²) >= 11 is 0. The average Bonchev–Trinajstić information content (AvgIpc) is 2.44. The number of carbonyl (C=O) groups is 2. The molecule has 1 aromatic rings. The average molecular weight is 266 g/mol. The first kappa shape index (κ1) is 14.6. The van der Waals surface area contributed by atoms with E-state index in [-0.39, 0.29) is 5.75 Å². The van der Waals surface area contributed by atoms with Crippen molar-refractivity contribution in [3.8, 4) is 5.75 Å². The van der Waals surface area contributed by atoms with Crippen LogP contribution in [0, 0.1) is 6.92 Å². The molecule has 0 aliphatic carbocycles. The fraction of sp³-hybridized carbons (Fsp3) is 0.231. The number of hydrogen-bond donors (Lipinski definition) is 1. The van der Waals surface area contributed by atoms with Crippen molar-refractivity contribution in [3.63, 3.8) is 0 Å². The highest BCUT2D eigenvalue weighted by Gasteiger charge is 2.24. The number of ether oxygens (including phenoxy) is 3. The van der Waals surface area contributed by atoms with Crippen molar-refractivity contribution in [2.75, 3.05) is 14.2 Å². The van der Waals surface area contributed by atoms with Crippen molar-refractivity contribution in [1.82, 2.24) is 0 Å². The lowest BCUT2D eigenvalue weighted by Gasteiger charge is -2.09. The normalized spacial score (nSPS) is 11.3. The van der Waals surface area contributed by atoms with Crippen LogP contribution in [0.15, 0.2) is 35.8 Å². The second-order valence-electron chi connectivity index (χ2n) is 3.58. The van der Waals surface area contributed by atoms with E-state index in [2.05, 4.69) is 9.47 Å². The molecular weight excluding hydrogens is 252 g/mol. The summed E-state index contributed by atoms with van der Waals surface area (Å²) in [6, 6.07) is 6.67. The SMILES string of the molecule is COC(=O)/C(O)=C(/Oc1ccc(C)cc1)C(=O)OC. The minimum Gasteiger partial charge on any atom is -0.499 e. The molecule has 0 aliphatic heterocycles. The first-order chi connectivity index (χ1) is 8.99. The summed E-state index contributed by atoms with van der Waals surface area (Å²) in [6.45, 7) is 1.88. The lowest BCUT2D eigenvalue weighted by Crippen LogP contribution is -2.18. The number of aliphatic hydroxyl groups excluding tert-OH is 1. The van der Waals surface area contributed by atoms with Crippen molar-refractivity contribution < 1.29 is 28.9 Å². The van der Waals surface area contributed by atoms with Gasteiger partial charge in [0.25, 0.3) is 11.5 Å². The molecule has 0 saturated carbocycles. The smallest absolute Gasteiger partial charge is 0.378 e. The van der Waals surface area contributed by atoms with E-state index >= 15 is 0 Å². The number of aliphatic hydroxyl groups is 1. The van der Waals surface area contributed by atoms with Crippen LogP contribution in [0.25, 0.3) is 0 Å². The molecule has 0 amide bonds. The number of hydrogen-bond acceptors (Lipinski definition) is 6. The molecule has 0 atom stereocenters. The van der Waals surface area contributed by atoms with Gasteiger partial charge in [0, 0.05) is 0 Å². The summed E-state index contributed by atoms with van der Waals surface area (Å²) in [7, 11) is 2.17. The third kappa shape index (κ3) is 3.74. The van der Waals surface area contributed by atoms with E-state index in [1.54, 1.807) is 24.3 Å². The van der Waals surface area contributed by atoms with Crippen molar-refractivity contribution in [1.29, 1.82) is 0 Å². The van der Waals surface area contributed by atoms with Gasteiger partial charge < -0.3 is 19.3 Å². The zero-order valence-electron chi connectivity index (χ0n) is 10.8. The molecule has 0 aromatic heterocycles. The number of aryl methyl sites for hydroxylation is 1. The van der Waals surface area contributed by atoms with E-state index in [1.807, 2.05) is 6.92 Å². The summed E-state index contributed by atoms with van der Waals surface area (Å²) in [5.41, 5.74) is 0.994. The van der Waals surface area contributed by atoms with Gasteiger partial charge in [-0.3, -0.25) is 0 Å². The van der Waals surface area contributed by atoms with Gasteiger partial charge in [0.05, 0.1) is 14.2 Å². The number of benzene rings is 1. The Kier molecular flexibility index (Phi) is 4.93. The molecule has 0 radical (unpaired) electrons. The number of rotatable bonds is 4. The molecule has 19 heavy (non-hydrogen) atoms. The van der Waals surface area contributed by atoms with Gasteiger partial charge >= 0.3 is 11.9 Å². The van der Waals surface area contributed by atoms with Gasteiger partial charge in [-0.1, -0.05) is 17.7 Å². The van der Waals surface area contributed by atoms with Gasteiger partial charge in [0.2, 0.25) is 0 Å².